The normalized spacial score (nSPS) is 5.67. The summed E-state index contributed by atoms with van der Waals surface area (Å²) < 4.78 is 0. The van der Waals surface area contributed by atoms with E-state index in [0.717, 1.165) is 6.54 Å². The maximum atomic E-state index is 3.74. The van der Waals surface area contributed by atoms with Gasteiger partial charge in [0.2, 0.25) is 0 Å². The van der Waals surface area contributed by atoms with E-state index in [2.05, 4.69) is 18.5 Å². The molecule has 0 radical (unpaired) electrons. The van der Waals surface area contributed by atoms with Crippen LogP contribution in [0.2, 0.25) is 0 Å². The first-order valence-corrected chi connectivity index (χ1v) is 5.52. The van der Waals surface area contributed by atoms with Crippen molar-refractivity contribution in [3.63, 3.8) is 0 Å². The first-order chi connectivity index (χ1) is 2.91. The number of halogens is 1. The van der Waals surface area contributed by atoms with Gasteiger partial charge in [-0.2, -0.15) is 13.6 Å². The SMILES string of the molecule is CC[N-]C.[Ti+][Br]. The van der Waals surface area contributed by atoms with Crippen molar-refractivity contribution in [1.82, 2.24) is 0 Å². The Bertz CT molecular complexity index is 12.8. The summed E-state index contributed by atoms with van der Waals surface area (Å²) in [6, 6.07) is 0. The van der Waals surface area contributed by atoms with E-state index >= 15 is 0 Å². The van der Waals surface area contributed by atoms with Crippen molar-refractivity contribution in [1.29, 1.82) is 0 Å². The quantitative estimate of drug-likeness (QED) is 0.554. The average molecular weight is 186 g/mol. The van der Waals surface area contributed by atoms with E-state index in [-0.39, 0.29) is 0 Å². The van der Waals surface area contributed by atoms with Gasteiger partial charge in [0, 0.05) is 0 Å². The molecule has 0 bridgehead atoms. The molecule has 0 saturated carbocycles. The van der Waals surface area contributed by atoms with Gasteiger partial charge in [0.1, 0.15) is 0 Å². The Morgan fingerprint density at radius 1 is 1.67 bits per heavy atom. The van der Waals surface area contributed by atoms with Crippen LogP contribution in [0.4, 0.5) is 0 Å². The van der Waals surface area contributed by atoms with E-state index in [4.69, 9.17) is 0 Å². The summed E-state index contributed by atoms with van der Waals surface area (Å²) in [6.07, 6.45) is 0. The Hall–Kier alpha value is 1.15. The van der Waals surface area contributed by atoms with Gasteiger partial charge >= 0.3 is 31.5 Å². The van der Waals surface area contributed by atoms with Gasteiger partial charge in [0.15, 0.2) is 0 Å². The third kappa shape index (κ3) is 19.2. The first-order valence-electron chi connectivity index (χ1n) is 1.66. The molecule has 0 unspecified atom stereocenters. The molecule has 0 aromatic carbocycles. The second-order valence-electron chi connectivity index (χ2n) is 0.632. The van der Waals surface area contributed by atoms with E-state index in [9.17, 15) is 0 Å². The van der Waals surface area contributed by atoms with Gasteiger partial charge in [-0.1, -0.05) is 6.92 Å². The zero-order valence-electron chi connectivity index (χ0n) is 4.03. The molecule has 0 saturated heterocycles. The summed E-state index contributed by atoms with van der Waals surface area (Å²) in [5, 5.41) is 3.74. The molecule has 0 aliphatic rings. The first kappa shape index (κ1) is 10.2. The summed E-state index contributed by atoms with van der Waals surface area (Å²) >= 11 is 4.75. The van der Waals surface area contributed by atoms with E-state index in [1.54, 1.807) is 7.05 Å². The second kappa shape index (κ2) is 16.4. The zero-order valence-corrected chi connectivity index (χ0v) is 7.18. The van der Waals surface area contributed by atoms with Gasteiger partial charge in [-0.05, 0) is 0 Å². The van der Waals surface area contributed by atoms with Crippen LogP contribution < -0.4 is 0 Å². The van der Waals surface area contributed by atoms with Crippen LogP contribution >= 0.6 is 13.2 Å². The van der Waals surface area contributed by atoms with E-state index in [1.165, 1.54) is 0 Å². The van der Waals surface area contributed by atoms with Gasteiger partial charge in [0.25, 0.3) is 0 Å². The Morgan fingerprint density at radius 2 is 1.83 bits per heavy atom. The van der Waals surface area contributed by atoms with E-state index in [1.807, 2.05) is 25.3 Å². The van der Waals surface area contributed by atoms with Crippen molar-refractivity contribution >= 4 is 13.2 Å². The van der Waals surface area contributed by atoms with Gasteiger partial charge in [0.05, 0.1) is 0 Å². The van der Waals surface area contributed by atoms with Crippen molar-refractivity contribution in [2.75, 3.05) is 13.6 Å². The molecule has 0 fully saturated rings. The van der Waals surface area contributed by atoms with Crippen LogP contribution in [0, 0.1) is 0 Å². The van der Waals surface area contributed by atoms with Crippen LogP contribution in [0.3, 0.4) is 0 Å². The Morgan fingerprint density at radius 3 is 1.83 bits per heavy atom. The minimum absolute atomic E-state index is 0.944. The fraction of sp³-hybridized carbons (Fsp3) is 1.00. The molecule has 1 nitrogen and oxygen atoms in total. The second-order valence-corrected chi connectivity index (χ2v) is 0.632. The van der Waals surface area contributed by atoms with Gasteiger partial charge in [-0.25, -0.2) is 0 Å². The van der Waals surface area contributed by atoms with E-state index < -0.39 is 0 Å². The molecule has 0 amide bonds. The van der Waals surface area contributed by atoms with Crippen molar-refractivity contribution < 1.29 is 18.3 Å². The molecular formula is C3H8BrNTi. The summed E-state index contributed by atoms with van der Waals surface area (Å²) in [5.41, 5.74) is 0. The van der Waals surface area contributed by atoms with Crippen LogP contribution in [-0.4, -0.2) is 13.6 Å². The summed E-state index contributed by atoms with van der Waals surface area (Å²) in [5.74, 6) is 0. The molecule has 36 valence electrons. The molecule has 0 aromatic rings. The molecule has 6 heavy (non-hydrogen) atoms. The van der Waals surface area contributed by atoms with Crippen molar-refractivity contribution in [2.45, 2.75) is 6.92 Å². The predicted octanol–water partition coefficient (Wildman–Crippen LogP) is 1.85. The minimum atomic E-state index is 0.944. The Balaban J connectivity index is 0. The third-order valence-corrected chi connectivity index (χ3v) is 0.316. The number of nitrogens with zero attached hydrogens (tertiary/aromatic N) is 1. The predicted molar refractivity (Wildman–Crippen MR) is 28.8 cm³/mol. The van der Waals surface area contributed by atoms with Crippen LogP contribution in [0.5, 0.6) is 0 Å². The zero-order chi connectivity index (χ0) is 5.41. The van der Waals surface area contributed by atoms with Crippen molar-refractivity contribution in [3.8, 4) is 0 Å². The molecule has 0 N–H and O–H groups in total. The Labute approximate surface area is 57.3 Å². The Kier molecular flexibility index (Phi) is 27.9. The molecule has 0 aliphatic heterocycles. The fourth-order valence-corrected chi connectivity index (χ4v) is 0. The third-order valence-electron chi connectivity index (χ3n) is 0.316. The molecule has 3 heteroatoms. The van der Waals surface area contributed by atoms with Crippen LogP contribution in [0.25, 0.3) is 5.32 Å². The summed E-state index contributed by atoms with van der Waals surface area (Å²) in [4.78, 5) is 0. The van der Waals surface area contributed by atoms with Crippen LogP contribution in [0.15, 0.2) is 0 Å². The molecule has 0 rings (SSSR count). The number of hydrogen-bond acceptors (Lipinski definition) is 0. The molecule has 0 heterocycles. The fourth-order valence-electron chi connectivity index (χ4n) is 0. The van der Waals surface area contributed by atoms with Gasteiger partial charge < -0.3 is 5.32 Å². The van der Waals surface area contributed by atoms with Crippen molar-refractivity contribution in [3.05, 3.63) is 5.32 Å². The van der Waals surface area contributed by atoms with Crippen LogP contribution in [-0.2, 0) is 18.3 Å². The standard InChI is InChI=1S/C3H8N.BrH.Ti/c1-3-4-2;;/h3H2,1-2H3;1H;/q-1;;+2/p-1. The maximum absolute atomic E-state index is 3.74. The molecule has 0 aromatic heterocycles. The number of rotatable bonds is 1. The molecule has 0 atom stereocenters. The van der Waals surface area contributed by atoms with Crippen LogP contribution in [0.1, 0.15) is 6.92 Å². The van der Waals surface area contributed by atoms with Gasteiger partial charge in [-0.3, -0.25) is 0 Å². The summed E-state index contributed by atoms with van der Waals surface area (Å²) in [6.45, 7) is 2.96. The molecular weight excluding hydrogens is 178 g/mol. The average Bonchev–Trinajstić information content (AvgIpc) is 1.72. The number of hydrogen-bond donors (Lipinski definition) is 0. The monoisotopic (exact) mass is 185 g/mol. The molecule has 0 spiro atoms. The molecule has 0 aliphatic carbocycles. The van der Waals surface area contributed by atoms with Crippen molar-refractivity contribution in [2.24, 2.45) is 0 Å². The summed E-state index contributed by atoms with van der Waals surface area (Å²) in [7, 11) is 1.81. The van der Waals surface area contributed by atoms with E-state index in [0.29, 0.717) is 0 Å². The topological polar surface area (TPSA) is 14.1 Å². The van der Waals surface area contributed by atoms with Gasteiger partial charge in [-0.15, -0.1) is 0 Å².